The summed E-state index contributed by atoms with van der Waals surface area (Å²) in [5, 5.41) is 26.4. The summed E-state index contributed by atoms with van der Waals surface area (Å²) in [5.41, 5.74) is 1.11. The second-order valence-corrected chi connectivity index (χ2v) is 11.0. The largest absolute Gasteiger partial charge is 0.504 e. The number of imide groups is 1. The summed E-state index contributed by atoms with van der Waals surface area (Å²) in [6.45, 7) is 2.58. The monoisotopic (exact) mass is 561 g/mol. The average Bonchev–Trinajstić information content (AvgIpc) is 3.50. The minimum absolute atomic E-state index is 0.201. The molecule has 204 valence electrons. The van der Waals surface area contributed by atoms with Gasteiger partial charge in [0.2, 0.25) is 17.7 Å². The van der Waals surface area contributed by atoms with Crippen molar-refractivity contribution in [1.82, 2.24) is 5.32 Å². The molecule has 10 nitrogen and oxygen atoms in total. The second kappa shape index (κ2) is 8.61. The van der Waals surface area contributed by atoms with E-state index in [-0.39, 0.29) is 17.9 Å². The van der Waals surface area contributed by atoms with Crippen LogP contribution in [0.3, 0.4) is 0 Å². The highest BCUT2D eigenvalue weighted by Crippen LogP contribution is 2.55. The van der Waals surface area contributed by atoms with Gasteiger partial charge in [-0.2, -0.15) is 0 Å². The van der Waals surface area contributed by atoms with Crippen molar-refractivity contribution in [3.63, 3.8) is 0 Å². The van der Waals surface area contributed by atoms with Gasteiger partial charge in [-0.15, -0.1) is 0 Å². The second-order valence-electron chi connectivity index (χ2n) is 10.6. The number of carbonyl (C=O) groups excluding carboxylic acids is 3. The Labute approximate surface area is 233 Å². The number of anilines is 2. The molecule has 2 saturated heterocycles. The highest BCUT2D eigenvalue weighted by Gasteiger charge is 2.70. The van der Waals surface area contributed by atoms with Crippen molar-refractivity contribution in [2.45, 2.75) is 24.9 Å². The molecule has 0 radical (unpaired) electrons. The maximum absolute atomic E-state index is 14.3. The maximum Gasteiger partial charge on any atom is 0.250 e. The normalized spacial score (nSPS) is 26.3. The van der Waals surface area contributed by atoms with Crippen LogP contribution in [-0.2, 0) is 26.3 Å². The molecule has 40 heavy (non-hydrogen) atoms. The van der Waals surface area contributed by atoms with Gasteiger partial charge in [0, 0.05) is 17.7 Å². The number of phenolic OH excluding ortho intramolecular Hbond substituents is 2. The third-order valence-electron chi connectivity index (χ3n) is 8.20. The fourth-order valence-electron chi connectivity index (χ4n) is 6.54. The number of hydrogen-bond donors (Lipinski definition) is 4. The van der Waals surface area contributed by atoms with Gasteiger partial charge in [0.1, 0.15) is 18.8 Å². The lowest BCUT2D eigenvalue weighted by Crippen LogP contribution is -2.53. The van der Waals surface area contributed by atoms with Crippen LogP contribution in [0.5, 0.6) is 23.0 Å². The molecule has 3 amide bonds. The lowest BCUT2D eigenvalue weighted by Gasteiger charge is -2.30. The van der Waals surface area contributed by atoms with Gasteiger partial charge >= 0.3 is 0 Å². The third-order valence-corrected chi connectivity index (χ3v) is 8.50. The molecule has 0 bridgehead atoms. The molecule has 4 N–H and O–H groups in total. The van der Waals surface area contributed by atoms with Crippen molar-refractivity contribution in [2.75, 3.05) is 23.4 Å². The molecule has 7 rings (SSSR count). The first-order valence-corrected chi connectivity index (χ1v) is 13.2. The van der Waals surface area contributed by atoms with Crippen LogP contribution in [0.2, 0.25) is 5.02 Å². The smallest absolute Gasteiger partial charge is 0.250 e. The van der Waals surface area contributed by atoms with Crippen molar-refractivity contribution in [3.05, 3.63) is 70.2 Å². The molecule has 0 unspecified atom stereocenters. The van der Waals surface area contributed by atoms with E-state index in [1.807, 2.05) is 13.0 Å². The maximum atomic E-state index is 14.3. The number of rotatable bonds is 3. The van der Waals surface area contributed by atoms with E-state index in [9.17, 15) is 24.6 Å². The summed E-state index contributed by atoms with van der Waals surface area (Å²) in [7, 11) is 0. The van der Waals surface area contributed by atoms with Gasteiger partial charge in [-0.1, -0.05) is 23.7 Å². The lowest BCUT2D eigenvalue weighted by molar-refractivity contribution is -0.130. The molecule has 2 fully saturated rings. The molecular formula is C29H24ClN3O7. The van der Waals surface area contributed by atoms with Gasteiger partial charge in [0.05, 0.1) is 28.2 Å². The van der Waals surface area contributed by atoms with E-state index in [1.54, 1.807) is 30.3 Å². The quantitative estimate of drug-likeness (QED) is 0.283. The third kappa shape index (κ3) is 3.36. The fourth-order valence-corrected chi connectivity index (χ4v) is 6.87. The van der Waals surface area contributed by atoms with Crippen LogP contribution in [0, 0.1) is 18.8 Å². The Balaban J connectivity index is 1.37. The summed E-state index contributed by atoms with van der Waals surface area (Å²) in [6, 6.07) is 12.1. The summed E-state index contributed by atoms with van der Waals surface area (Å²) in [6.07, 6.45) is 0.201. The van der Waals surface area contributed by atoms with Crippen molar-refractivity contribution in [3.8, 4) is 23.0 Å². The van der Waals surface area contributed by atoms with E-state index in [4.69, 9.17) is 21.1 Å². The number of halogens is 1. The predicted octanol–water partition coefficient (Wildman–Crippen LogP) is 3.00. The number of carbonyl (C=O) groups is 3. The van der Waals surface area contributed by atoms with Crippen molar-refractivity contribution in [2.24, 2.45) is 11.8 Å². The van der Waals surface area contributed by atoms with Crippen molar-refractivity contribution >= 4 is 40.7 Å². The molecule has 0 aliphatic carbocycles. The Morgan fingerprint density at radius 1 is 0.975 bits per heavy atom. The van der Waals surface area contributed by atoms with Crippen LogP contribution in [0.4, 0.5) is 11.4 Å². The zero-order valence-electron chi connectivity index (χ0n) is 21.2. The van der Waals surface area contributed by atoms with E-state index in [1.165, 1.54) is 12.1 Å². The zero-order chi connectivity index (χ0) is 27.9. The molecule has 3 aromatic carbocycles. The molecular weight excluding hydrogens is 538 g/mol. The highest BCUT2D eigenvalue weighted by atomic mass is 35.5. The van der Waals surface area contributed by atoms with Gasteiger partial charge < -0.3 is 25.0 Å². The van der Waals surface area contributed by atoms with E-state index < -0.39 is 41.1 Å². The lowest BCUT2D eigenvalue weighted by atomic mass is 9.76. The molecule has 0 saturated carbocycles. The van der Waals surface area contributed by atoms with Crippen LogP contribution >= 0.6 is 11.6 Å². The Hall–Kier alpha value is -4.28. The number of aromatic hydroxyl groups is 2. The molecule has 4 atom stereocenters. The van der Waals surface area contributed by atoms with Gasteiger partial charge in [0.15, 0.2) is 23.0 Å². The molecule has 0 aromatic heterocycles. The zero-order valence-corrected chi connectivity index (χ0v) is 22.0. The van der Waals surface area contributed by atoms with Crippen LogP contribution in [0.1, 0.15) is 16.7 Å². The predicted molar refractivity (Wildman–Crippen MR) is 144 cm³/mol. The molecule has 1 spiro atoms. The van der Waals surface area contributed by atoms with Gasteiger partial charge in [-0.25, -0.2) is 4.90 Å². The first-order valence-electron chi connectivity index (χ1n) is 12.9. The molecule has 4 aliphatic heterocycles. The molecule has 4 heterocycles. The number of benzene rings is 3. The number of phenols is 2. The first kappa shape index (κ1) is 24.7. The minimum atomic E-state index is -1.55. The number of nitrogens with one attached hydrogen (secondary N) is 2. The van der Waals surface area contributed by atoms with Crippen LogP contribution in [-0.4, -0.2) is 47.2 Å². The Morgan fingerprint density at radius 2 is 1.75 bits per heavy atom. The van der Waals surface area contributed by atoms with Crippen molar-refractivity contribution < 1.29 is 34.1 Å². The molecule has 11 heteroatoms. The number of ether oxygens (including phenoxy) is 2. The summed E-state index contributed by atoms with van der Waals surface area (Å²) < 4.78 is 11.3. The van der Waals surface area contributed by atoms with E-state index in [2.05, 4.69) is 10.6 Å². The SMILES string of the molecule is Cc1cc(Cl)c2c(c1)[C@@]1(N[C@@H](Cc3ccc(O)c(O)c3)[C@H]3C(=O)N(c4ccc5c(c4)OCCO5)C(=O)[C@H]31)C(=O)N2. The topological polar surface area (TPSA) is 137 Å². The fraction of sp³-hybridized carbons (Fsp3) is 0.276. The number of hydrogen-bond acceptors (Lipinski definition) is 8. The van der Waals surface area contributed by atoms with Crippen LogP contribution in [0.15, 0.2) is 48.5 Å². The Kier molecular flexibility index (Phi) is 5.32. The van der Waals surface area contributed by atoms with E-state index in [0.29, 0.717) is 52.2 Å². The minimum Gasteiger partial charge on any atom is -0.504 e. The summed E-state index contributed by atoms with van der Waals surface area (Å²) in [5.74, 6) is -3.05. The van der Waals surface area contributed by atoms with Gasteiger partial charge in [0.25, 0.3) is 0 Å². The van der Waals surface area contributed by atoms with Gasteiger partial charge in [-0.05, 0) is 54.8 Å². The summed E-state index contributed by atoms with van der Waals surface area (Å²) in [4.78, 5) is 43.3. The standard InChI is InChI=1S/C29H24ClN3O7/c1-13-8-16-25(17(30)9-13)31-28(38)29(16)24-23(18(32-29)10-14-2-4-19(34)20(35)11-14)26(36)33(27(24)37)15-3-5-21-22(12-15)40-7-6-39-21/h2-5,8-9,11-12,18,23-24,32,34-35H,6-7,10H2,1H3,(H,31,38)/t18-,23+,24-,29-/m0/s1. The van der Waals surface area contributed by atoms with E-state index >= 15 is 0 Å². The Bertz CT molecular complexity index is 1640. The Morgan fingerprint density at radius 3 is 2.52 bits per heavy atom. The number of fused-ring (bicyclic) bond motifs is 5. The average molecular weight is 562 g/mol. The molecule has 4 aliphatic rings. The van der Waals surface area contributed by atoms with Gasteiger partial charge in [-0.3, -0.25) is 19.7 Å². The highest BCUT2D eigenvalue weighted by molar-refractivity contribution is 6.35. The van der Waals surface area contributed by atoms with Crippen molar-refractivity contribution in [1.29, 1.82) is 0 Å². The first-order chi connectivity index (χ1) is 19.2. The number of aryl methyl sites for hydroxylation is 1. The van der Waals surface area contributed by atoms with Crippen LogP contribution in [0.25, 0.3) is 0 Å². The molecule has 3 aromatic rings. The summed E-state index contributed by atoms with van der Waals surface area (Å²) >= 11 is 6.52. The number of nitrogens with zero attached hydrogens (tertiary/aromatic N) is 1. The number of amides is 3. The van der Waals surface area contributed by atoms with E-state index in [0.717, 1.165) is 10.5 Å². The van der Waals surface area contributed by atoms with Crippen LogP contribution < -0.4 is 25.0 Å².